The van der Waals surface area contributed by atoms with Crippen molar-refractivity contribution >= 4 is 11.9 Å². The molecule has 0 amide bonds. The van der Waals surface area contributed by atoms with Crippen LogP contribution in [0.1, 0.15) is 129 Å². The van der Waals surface area contributed by atoms with E-state index >= 15 is 0 Å². The van der Waals surface area contributed by atoms with Crippen molar-refractivity contribution in [2.45, 2.75) is 166 Å². The highest BCUT2D eigenvalue weighted by molar-refractivity contribution is 5.70. The number of aliphatic hydroxyl groups excluding tert-OH is 4. The standard InChI is InChI=1S/C37H64O10/c1-3-5-7-9-11-12-13-14-15-16-17-18-20-22-24-26-33(40)46-30(28-44-32(39)25-23-21-19-10-8-6-4-2)29-45-37-36(43)35(42)34(41)31(27-38)47-37/h11-12,14-15,17-18,30-31,34-38,41-43H,3-10,13,16,19-29H2,1-2H3/b12-11+,15-14+,18-17+/t30-,31+,34-,35?,36?,37+/m1/s1. The molecule has 1 aliphatic rings. The lowest BCUT2D eigenvalue weighted by Gasteiger charge is -2.39. The van der Waals surface area contributed by atoms with E-state index in [2.05, 4.69) is 50.3 Å². The van der Waals surface area contributed by atoms with Gasteiger partial charge >= 0.3 is 11.9 Å². The highest BCUT2D eigenvalue weighted by Crippen LogP contribution is 2.22. The van der Waals surface area contributed by atoms with Crippen LogP contribution in [-0.4, -0.2) is 89.0 Å². The molecular formula is C37H64O10. The van der Waals surface area contributed by atoms with Gasteiger partial charge in [0.05, 0.1) is 13.2 Å². The molecule has 10 nitrogen and oxygen atoms in total. The first-order valence-electron chi connectivity index (χ1n) is 18.1. The van der Waals surface area contributed by atoms with Gasteiger partial charge in [-0.05, 0) is 51.4 Å². The third-order valence-corrected chi connectivity index (χ3v) is 8.03. The third-order valence-electron chi connectivity index (χ3n) is 8.03. The van der Waals surface area contributed by atoms with Crippen LogP contribution in [0.25, 0.3) is 0 Å². The molecule has 0 aromatic rings. The fraction of sp³-hybridized carbons (Fsp3) is 0.784. The largest absolute Gasteiger partial charge is 0.462 e. The number of rotatable bonds is 28. The molecule has 1 saturated heterocycles. The zero-order valence-corrected chi connectivity index (χ0v) is 29.0. The summed E-state index contributed by atoms with van der Waals surface area (Å²) in [5, 5.41) is 39.8. The van der Waals surface area contributed by atoms with Crippen molar-refractivity contribution in [1.82, 2.24) is 0 Å². The Morgan fingerprint density at radius 2 is 1.19 bits per heavy atom. The minimum Gasteiger partial charge on any atom is -0.462 e. The second-order valence-corrected chi connectivity index (χ2v) is 12.3. The van der Waals surface area contributed by atoms with Crippen LogP contribution < -0.4 is 0 Å². The molecule has 10 heteroatoms. The highest BCUT2D eigenvalue weighted by Gasteiger charge is 2.44. The van der Waals surface area contributed by atoms with Crippen molar-refractivity contribution in [2.24, 2.45) is 0 Å². The molecule has 1 rings (SSSR count). The monoisotopic (exact) mass is 668 g/mol. The molecule has 272 valence electrons. The topological polar surface area (TPSA) is 152 Å². The number of hydrogen-bond donors (Lipinski definition) is 4. The lowest BCUT2D eigenvalue weighted by Crippen LogP contribution is -2.59. The van der Waals surface area contributed by atoms with Gasteiger partial charge in [-0.15, -0.1) is 0 Å². The zero-order valence-electron chi connectivity index (χ0n) is 29.0. The van der Waals surface area contributed by atoms with Gasteiger partial charge in [0.15, 0.2) is 12.4 Å². The van der Waals surface area contributed by atoms with Gasteiger partial charge in [-0.25, -0.2) is 0 Å². The van der Waals surface area contributed by atoms with Crippen molar-refractivity contribution in [3.63, 3.8) is 0 Å². The van der Waals surface area contributed by atoms with Gasteiger partial charge in [0.1, 0.15) is 31.0 Å². The lowest BCUT2D eigenvalue weighted by atomic mass is 9.99. The Balaban J connectivity index is 2.45. The van der Waals surface area contributed by atoms with Gasteiger partial charge < -0.3 is 39.4 Å². The number of esters is 2. The maximum atomic E-state index is 12.6. The van der Waals surface area contributed by atoms with Crippen LogP contribution in [-0.2, 0) is 28.5 Å². The maximum Gasteiger partial charge on any atom is 0.306 e. The lowest BCUT2D eigenvalue weighted by molar-refractivity contribution is -0.305. The van der Waals surface area contributed by atoms with E-state index in [9.17, 15) is 30.0 Å². The van der Waals surface area contributed by atoms with Crippen LogP contribution >= 0.6 is 0 Å². The zero-order chi connectivity index (χ0) is 34.5. The summed E-state index contributed by atoms with van der Waals surface area (Å²) < 4.78 is 21.9. The molecule has 0 radical (unpaired) electrons. The fourth-order valence-electron chi connectivity index (χ4n) is 5.07. The van der Waals surface area contributed by atoms with Crippen molar-refractivity contribution < 1.29 is 49.0 Å². The van der Waals surface area contributed by atoms with E-state index in [1.165, 1.54) is 38.5 Å². The number of carbonyl (C=O) groups excluding carboxylic acids is 2. The highest BCUT2D eigenvalue weighted by atomic mass is 16.7. The number of carbonyl (C=O) groups is 2. The molecule has 0 aromatic carbocycles. The number of ether oxygens (including phenoxy) is 4. The molecular weight excluding hydrogens is 604 g/mol. The van der Waals surface area contributed by atoms with E-state index in [-0.39, 0.29) is 26.1 Å². The van der Waals surface area contributed by atoms with E-state index in [4.69, 9.17) is 18.9 Å². The Kier molecular flexibility index (Phi) is 26.4. The minimum atomic E-state index is -1.60. The fourth-order valence-corrected chi connectivity index (χ4v) is 5.07. The molecule has 0 saturated carbocycles. The minimum absolute atomic E-state index is 0.181. The number of unbranched alkanes of at least 4 members (excludes halogenated alkanes) is 11. The van der Waals surface area contributed by atoms with Gasteiger partial charge in [0, 0.05) is 12.8 Å². The molecule has 4 N–H and O–H groups in total. The molecule has 47 heavy (non-hydrogen) atoms. The van der Waals surface area contributed by atoms with Crippen molar-refractivity contribution in [2.75, 3.05) is 19.8 Å². The predicted molar refractivity (Wildman–Crippen MR) is 182 cm³/mol. The molecule has 1 aliphatic heterocycles. The summed E-state index contributed by atoms with van der Waals surface area (Å²) >= 11 is 0. The maximum absolute atomic E-state index is 12.6. The van der Waals surface area contributed by atoms with Gasteiger partial charge in [-0.3, -0.25) is 9.59 Å². The second kappa shape index (κ2) is 28.9. The average Bonchev–Trinajstić information content (AvgIpc) is 3.06. The summed E-state index contributed by atoms with van der Waals surface area (Å²) in [6.07, 6.45) is 21.8. The predicted octanol–water partition coefficient (Wildman–Crippen LogP) is 5.99. The molecule has 2 unspecified atom stereocenters. The SMILES string of the molecule is CCCCC/C=C/C/C=C/C/C=C/CCCCC(=O)O[C@H](COC(=O)CCCCCCCCC)CO[C@H]1O[C@@H](CO)[C@@H](O)C(O)C1O. The van der Waals surface area contributed by atoms with Crippen LogP contribution in [0.2, 0.25) is 0 Å². The van der Waals surface area contributed by atoms with Crippen LogP contribution in [0.3, 0.4) is 0 Å². The molecule has 1 heterocycles. The smallest absolute Gasteiger partial charge is 0.306 e. The van der Waals surface area contributed by atoms with Gasteiger partial charge in [0.2, 0.25) is 0 Å². The van der Waals surface area contributed by atoms with Gasteiger partial charge in [0.25, 0.3) is 0 Å². The summed E-state index contributed by atoms with van der Waals surface area (Å²) in [6.45, 7) is 3.27. The average molecular weight is 669 g/mol. The van der Waals surface area contributed by atoms with E-state index < -0.39 is 55.4 Å². The summed E-state index contributed by atoms with van der Waals surface area (Å²) in [4.78, 5) is 25.0. The Bertz CT molecular complexity index is 871. The Labute approximate surface area is 283 Å². The Morgan fingerprint density at radius 1 is 0.660 bits per heavy atom. The van der Waals surface area contributed by atoms with Crippen LogP contribution in [0.15, 0.2) is 36.5 Å². The van der Waals surface area contributed by atoms with Crippen LogP contribution in [0.4, 0.5) is 0 Å². The molecule has 0 aliphatic carbocycles. The third kappa shape index (κ3) is 21.5. The Hall–Kier alpha value is -2.08. The molecule has 0 spiro atoms. The number of aliphatic hydroxyl groups is 4. The first-order chi connectivity index (χ1) is 22.8. The Morgan fingerprint density at radius 3 is 1.83 bits per heavy atom. The number of hydrogen-bond acceptors (Lipinski definition) is 10. The second-order valence-electron chi connectivity index (χ2n) is 12.3. The van der Waals surface area contributed by atoms with E-state index in [0.29, 0.717) is 6.42 Å². The molecule has 0 bridgehead atoms. The van der Waals surface area contributed by atoms with Crippen molar-refractivity contribution in [3.8, 4) is 0 Å². The van der Waals surface area contributed by atoms with E-state index in [1.807, 2.05) is 0 Å². The van der Waals surface area contributed by atoms with Crippen LogP contribution in [0, 0.1) is 0 Å². The summed E-state index contributed by atoms with van der Waals surface area (Å²) in [5.74, 6) is -0.863. The quantitative estimate of drug-likeness (QED) is 0.0445. The molecule has 1 fully saturated rings. The van der Waals surface area contributed by atoms with Gasteiger partial charge in [-0.1, -0.05) is 102 Å². The van der Waals surface area contributed by atoms with Crippen molar-refractivity contribution in [3.05, 3.63) is 36.5 Å². The van der Waals surface area contributed by atoms with Crippen molar-refractivity contribution in [1.29, 1.82) is 0 Å². The first kappa shape index (κ1) is 42.9. The molecule has 0 aromatic heterocycles. The van der Waals surface area contributed by atoms with E-state index in [0.717, 1.165) is 57.8 Å². The normalized spacial score (nSPS) is 22.4. The van der Waals surface area contributed by atoms with Crippen LogP contribution in [0.5, 0.6) is 0 Å². The van der Waals surface area contributed by atoms with Gasteiger partial charge in [-0.2, -0.15) is 0 Å². The number of allylic oxidation sites excluding steroid dienone is 6. The molecule has 6 atom stereocenters. The summed E-state index contributed by atoms with van der Waals surface area (Å²) in [6, 6.07) is 0. The summed E-state index contributed by atoms with van der Waals surface area (Å²) in [7, 11) is 0. The first-order valence-corrected chi connectivity index (χ1v) is 18.1. The summed E-state index contributed by atoms with van der Waals surface area (Å²) in [5.41, 5.74) is 0. The van der Waals surface area contributed by atoms with E-state index in [1.54, 1.807) is 0 Å².